The highest BCUT2D eigenvalue weighted by atomic mass is 32.2. The van der Waals surface area contributed by atoms with Crippen molar-refractivity contribution >= 4 is 21.5 Å². The molecule has 27 heavy (non-hydrogen) atoms. The van der Waals surface area contributed by atoms with E-state index in [4.69, 9.17) is 0 Å². The second-order valence-electron chi connectivity index (χ2n) is 6.63. The Bertz CT molecular complexity index is 889. The summed E-state index contributed by atoms with van der Waals surface area (Å²) in [5.41, 5.74) is 2.21. The normalized spacial score (nSPS) is 14.7. The monoisotopic (exact) mass is 393 g/mol. The maximum atomic E-state index is 12.6. The van der Waals surface area contributed by atoms with Crippen LogP contribution in [-0.2, 0) is 16.6 Å². The van der Waals surface area contributed by atoms with Crippen LogP contribution in [0.3, 0.4) is 0 Å². The van der Waals surface area contributed by atoms with Gasteiger partial charge in [-0.2, -0.15) is 10.2 Å². The Hall–Kier alpha value is -2.20. The van der Waals surface area contributed by atoms with Gasteiger partial charge in [-0.1, -0.05) is 0 Å². The van der Waals surface area contributed by atoms with E-state index in [1.54, 1.807) is 24.7 Å². The zero-order chi connectivity index (χ0) is 19.4. The van der Waals surface area contributed by atoms with Gasteiger partial charge < -0.3 is 10.2 Å². The van der Waals surface area contributed by atoms with E-state index in [1.807, 2.05) is 13.0 Å². The minimum absolute atomic E-state index is 0.244. The van der Waals surface area contributed by atoms with E-state index in [9.17, 15) is 8.42 Å². The number of hydrogen-bond donors (Lipinski definition) is 2. The molecule has 0 bridgehead atoms. The maximum absolute atomic E-state index is 12.6. The molecule has 1 aliphatic rings. The second kappa shape index (κ2) is 8.22. The molecule has 0 radical (unpaired) electrons. The van der Waals surface area contributed by atoms with Crippen molar-refractivity contribution in [2.24, 2.45) is 0 Å². The Kier molecular flexibility index (Phi) is 5.95. The number of aryl methyl sites for hydroxylation is 2. The third kappa shape index (κ3) is 4.38. The molecule has 0 aliphatic carbocycles. The van der Waals surface area contributed by atoms with Crippen LogP contribution in [0.5, 0.6) is 0 Å². The summed E-state index contributed by atoms with van der Waals surface area (Å²) in [6, 6.07) is 1.95. The number of rotatable bonds is 8. The van der Waals surface area contributed by atoms with Crippen LogP contribution >= 0.6 is 0 Å². The Labute approximate surface area is 160 Å². The molecule has 3 heterocycles. The topological polar surface area (TPSA) is 105 Å². The van der Waals surface area contributed by atoms with Crippen molar-refractivity contribution in [3.8, 4) is 0 Å². The maximum Gasteiger partial charge on any atom is 0.244 e. The summed E-state index contributed by atoms with van der Waals surface area (Å²) in [5.74, 6) is 0.643. The Morgan fingerprint density at radius 3 is 2.59 bits per heavy atom. The zero-order valence-electron chi connectivity index (χ0n) is 16.1. The lowest BCUT2D eigenvalue weighted by atomic mass is 10.4. The molecule has 2 N–H and O–H groups in total. The standard InChI is InChI=1S/C17H27N7O2S/c1-4-24-14(3)17(13(2)22-24)27(25,26)20-8-7-18-16-11-15(12-19-21-16)23-9-5-6-10-23/h11-12,20H,4-10H2,1-3H3,(H,18,21). The van der Waals surface area contributed by atoms with Gasteiger partial charge in [0.25, 0.3) is 0 Å². The first-order valence-corrected chi connectivity index (χ1v) is 10.8. The lowest BCUT2D eigenvalue weighted by Crippen LogP contribution is -2.30. The quantitative estimate of drug-likeness (QED) is 0.651. The minimum Gasteiger partial charge on any atom is -0.370 e. The predicted octanol–water partition coefficient (Wildman–Crippen LogP) is 1.30. The third-order valence-electron chi connectivity index (χ3n) is 4.72. The number of nitrogens with one attached hydrogen (secondary N) is 2. The van der Waals surface area contributed by atoms with Crippen molar-refractivity contribution in [1.29, 1.82) is 0 Å². The zero-order valence-corrected chi connectivity index (χ0v) is 16.9. The van der Waals surface area contributed by atoms with Crippen LogP contribution in [0.4, 0.5) is 11.5 Å². The second-order valence-corrected chi connectivity index (χ2v) is 8.34. The SMILES string of the molecule is CCn1nc(C)c(S(=O)(=O)NCCNc2cc(N3CCCC3)cnn2)c1C. The number of hydrogen-bond acceptors (Lipinski definition) is 7. The van der Waals surface area contributed by atoms with E-state index in [0.717, 1.165) is 18.8 Å². The van der Waals surface area contributed by atoms with Crippen LogP contribution in [0.25, 0.3) is 0 Å². The van der Waals surface area contributed by atoms with Gasteiger partial charge in [0.15, 0.2) is 5.82 Å². The van der Waals surface area contributed by atoms with Crippen molar-refractivity contribution in [2.45, 2.75) is 45.1 Å². The summed E-state index contributed by atoms with van der Waals surface area (Å²) >= 11 is 0. The van der Waals surface area contributed by atoms with E-state index in [-0.39, 0.29) is 11.4 Å². The average molecular weight is 394 g/mol. The van der Waals surface area contributed by atoms with Gasteiger partial charge in [-0.25, -0.2) is 13.1 Å². The predicted molar refractivity (Wildman–Crippen MR) is 105 cm³/mol. The highest BCUT2D eigenvalue weighted by Crippen LogP contribution is 2.21. The molecule has 1 aliphatic heterocycles. The number of nitrogens with zero attached hydrogens (tertiary/aromatic N) is 5. The molecule has 0 unspecified atom stereocenters. The average Bonchev–Trinajstić information content (AvgIpc) is 3.27. The summed E-state index contributed by atoms with van der Waals surface area (Å²) in [4.78, 5) is 2.54. The van der Waals surface area contributed by atoms with Crippen LogP contribution in [0.1, 0.15) is 31.2 Å². The van der Waals surface area contributed by atoms with Crippen molar-refractivity contribution < 1.29 is 8.42 Å². The summed E-state index contributed by atoms with van der Waals surface area (Å²) in [5, 5.41) is 15.5. The van der Waals surface area contributed by atoms with Crippen LogP contribution in [0.2, 0.25) is 0 Å². The van der Waals surface area contributed by atoms with Gasteiger partial charge in [0.05, 0.1) is 23.3 Å². The van der Waals surface area contributed by atoms with Gasteiger partial charge >= 0.3 is 0 Å². The first-order chi connectivity index (χ1) is 12.9. The molecule has 0 saturated carbocycles. The molecular formula is C17H27N7O2S. The van der Waals surface area contributed by atoms with Crippen LogP contribution in [0, 0.1) is 13.8 Å². The molecule has 0 aromatic carbocycles. The first-order valence-electron chi connectivity index (χ1n) is 9.27. The molecule has 0 amide bonds. The summed E-state index contributed by atoms with van der Waals surface area (Å²) in [6.07, 6.45) is 4.15. The Morgan fingerprint density at radius 2 is 1.93 bits per heavy atom. The molecule has 1 fully saturated rings. The third-order valence-corrected chi connectivity index (χ3v) is 6.43. The molecule has 148 valence electrons. The van der Waals surface area contributed by atoms with Crippen LogP contribution < -0.4 is 14.9 Å². The molecule has 2 aromatic rings. The van der Waals surface area contributed by atoms with Gasteiger partial charge in [-0.05, 0) is 33.6 Å². The van der Waals surface area contributed by atoms with Crippen molar-refractivity contribution in [3.05, 3.63) is 23.7 Å². The van der Waals surface area contributed by atoms with Gasteiger partial charge in [0.1, 0.15) is 4.90 Å². The van der Waals surface area contributed by atoms with Crippen LogP contribution in [0.15, 0.2) is 17.2 Å². The minimum atomic E-state index is -3.60. The van der Waals surface area contributed by atoms with E-state index in [0.29, 0.717) is 30.3 Å². The van der Waals surface area contributed by atoms with E-state index in [1.165, 1.54) is 12.8 Å². The lowest BCUT2D eigenvalue weighted by Gasteiger charge is -2.17. The number of anilines is 2. The molecule has 10 heteroatoms. The molecule has 1 saturated heterocycles. The molecule has 0 atom stereocenters. The van der Waals surface area contributed by atoms with E-state index in [2.05, 4.69) is 30.2 Å². The number of sulfonamides is 1. The highest BCUT2D eigenvalue weighted by Gasteiger charge is 2.23. The van der Waals surface area contributed by atoms with Crippen molar-refractivity contribution in [1.82, 2.24) is 24.7 Å². The molecule has 3 rings (SSSR count). The van der Waals surface area contributed by atoms with E-state index < -0.39 is 10.0 Å². The summed E-state index contributed by atoms with van der Waals surface area (Å²) < 4.78 is 29.6. The largest absolute Gasteiger partial charge is 0.370 e. The lowest BCUT2D eigenvalue weighted by molar-refractivity contribution is 0.580. The fourth-order valence-electron chi connectivity index (χ4n) is 3.42. The van der Waals surface area contributed by atoms with Gasteiger partial charge in [-0.3, -0.25) is 4.68 Å². The molecule has 0 spiro atoms. The molecular weight excluding hydrogens is 366 g/mol. The smallest absolute Gasteiger partial charge is 0.244 e. The van der Waals surface area contributed by atoms with Gasteiger partial charge in [0, 0.05) is 38.8 Å². The first kappa shape index (κ1) is 19.6. The highest BCUT2D eigenvalue weighted by molar-refractivity contribution is 7.89. The molecule has 2 aromatic heterocycles. The van der Waals surface area contributed by atoms with Gasteiger partial charge in [0.2, 0.25) is 10.0 Å². The van der Waals surface area contributed by atoms with E-state index >= 15 is 0 Å². The summed E-state index contributed by atoms with van der Waals surface area (Å²) in [6.45, 7) is 8.79. The van der Waals surface area contributed by atoms with Crippen LogP contribution in [-0.4, -0.2) is 54.6 Å². The van der Waals surface area contributed by atoms with Crippen molar-refractivity contribution in [2.75, 3.05) is 36.4 Å². The fourth-order valence-corrected chi connectivity index (χ4v) is 4.86. The molecule has 9 nitrogen and oxygen atoms in total. The number of aromatic nitrogens is 4. The van der Waals surface area contributed by atoms with Crippen molar-refractivity contribution in [3.63, 3.8) is 0 Å². The Morgan fingerprint density at radius 1 is 1.19 bits per heavy atom. The fraction of sp³-hybridized carbons (Fsp3) is 0.588. The van der Waals surface area contributed by atoms with Gasteiger partial charge in [-0.15, -0.1) is 5.10 Å². The summed E-state index contributed by atoms with van der Waals surface area (Å²) in [7, 11) is -3.60. The Balaban J connectivity index is 1.57.